The predicted octanol–water partition coefficient (Wildman–Crippen LogP) is 6.22. The highest BCUT2D eigenvalue weighted by molar-refractivity contribution is 5.37. The number of rotatable bonds is 7. The lowest BCUT2D eigenvalue weighted by atomic mass is 9.72. The fraction of sp³-hybridized carbons (Fsp3) is 0.500. The summed E-state index contributed by atoms with van der Waals surface area (Å²) < 4.78 is 0. The van der Waals surface area contributed by atoms with Crippen LogP contribution in [0, 0.1) is 10.3 Å². The Kier molecular flexibility index (Phi) is 7.73. The lowest BCUT2D eigenvalue weighted by Gasteiger charge is -2.32. The third kappa shape index (κ3) is 6.81. The van der Waals surface area contributed by atoms with Crippen molar-refractivity contribution < 1.29 is 4.84 Å². The van der Waals surface area contributed by atoms with E-state index < -0.39 is 0 Å². The molecule has 126 valence electrons. The third-order valence-electron chi connectivity index (χ3n) is 4.31. The second-order valence-electron chi connectivity index (χ2n) is 6.85. The van der Waals surface area contributed by atoms with Crippen LogP contribution in [0.2, 0.25) is 0 Å². The molecular weight excluding hydrogens is 286 g/mol. The summed E-state index contributed by atoms with van der Waals surface area (Å²) in [7, 11) is 0. The summed E-state index contributed by atoms with van der Waals surface area (Å²) in [5.41, 5.74) is 5.52. The Labute approximate surface area is 140 Å². The number of hydrogen-bond donors (Lipinski definition) is 0. The van der Waals surface area contributed by atoms with Gasteiger partial charge in [-0.1, -0.05) is 60.9 Å². The Morgan fingerprint density at radius 3 is 2.65 bits per heavy atom. The van der Waals surface area contributed by atoms with Gasteiger partial charge in [-0.3, -0.25) is 0 Å². The van der Waals surface area contributed by atoms with Crippen LogP contribution in [0.25, 0.3) is 0 Å². The molecular formula is C20H29NO2. The van der Waals surface area contributed by atoms with Crippen molar-refractivity contribution in [3.63, 3.8) is 0 Å². The van der Waals surface area contributed by atoms with Gasteiger partial charge in [0.2, 0.25) is 0 Å². The van der Waals surface area contributed by atoms with Crippen LogP contribution in [0.15, 0.2) is 64.1 Å². The largest absolute Gasteiger partial charge is 0.360 e. The van der Waals surface area contributed by atoms with Gasteiger partial charge in [0.1, 0.15) is 6.61 Å². The zero-order valence-electron chi connectivity index (χ0n) is 15.1. The maximum absolute atomic E-state index is 9.82. The van der Waals surface area contributed by atoms with E-state index in [1.807, 2.05) is 25.2 Å². The van der Waals surface area contributed by atoms with E-state index in [1.165, 1.54) is 36.0 Å². The van der Waals surface area contributed by atoms with Crippen molar-refractivity contribution in [1.82, 2.24) is 0 Å². The summed E-state index contributed by atoms with van der Waals surface area (Å²) in [4.78, 5) is 14.2. The fourth-order valence-corrected chi connectivity index (χ4v) is 2.90. The molecule has 1 aliphatic carbocycles. The molecule has 23 heavy (non-hydrogen) atoms. The highest BCUT2D eigenvalue weighted by atomic mass is 16.7. The summed E-state index contributed by atoms with van der Waals surface area (Å²) in [6.45, 7) is 11.2. The van der Waals surface area contributed by atoms with Crippen LogP contribution >= 0.6 is 0 Å². The first-order valence-electron chi connectivity index (χ1n) is 8.21. The molecule has 0 aromatic heterocycles. The number of nitrogens with zero attached hydrogens (tertiary/aromatic N) is 1. The van der Waals surface area contributed by atoms with Crippen molar-refractivity contribution in [1.29, 1.82) is 0 Å². The van der Waals surface area contributed by atoms with Crippen molar-refractivity contribution in [2.24, 2.45) is 10.8 Å². The number of allylic oxidation sites excluding steroid dienone is 9. The molecule has 0 saturated heterocycles. The first kappa shape index (κ1) is 19.1. The SMILES string of the molecule is CC(C=CC1=C(C)CCCC1(C)C)=CC=CC(C)=CCON=O. The van der Waals surface area contributed by atoms with Crippen LogP contribution in [-0.4, -0.2) is 6.61 Å². The molecule has 1 rings (SSSR count). The van der Waals surface area contributed by atoms with E-state index in [4.69, 9.17) is 0 Å². The minimum absolute atomic E-state index is 0.213. The molecule has 0 unspecified atom stereocenters. The van der Waals surface area contributed by atoms with Gasteiger partial charge >= 0.3 is 0 Å². The second-order valence-corrected chi connectivity index (χ2v) is 6.85. The molecule has 0 aromatic rings. The molecule has 0 saturated carbocycles. The van der Waals surface area contributed by atoms with Crippen molar-refractivity contribution in [2.75, 3.05) is 6.61 Å². The topological polar surface area (TPSA) is 38.7 Å². The zero-order chi connectivity index (χ0) is 17.3. The van der Waals surface area contributed by atoms with Gasteiger partial charge in [-0.05, 0) is 57.1 Å². The smallest absolute Gasteiger partial charge is 0.155 e. The van der Waals surface area contributed by atoms with Crippen LogP contribution in [0.1, 0.15) is 53.9 Å². The Morgan fingerprint density at radius 2 is 2.00 bits per heavy atom. The van der Waals surface area contributed by atoms with E-state index in [9.17, 15) is 4.91 Å². The van der Waals surface area contributed by atoms with Gasteiger partial charge in [-0.25, -0.2) is 0 Å². The van der Waals surface area contributed by atoms with Crippen LogP contribution < -0.4 is 0 Å². The first-order valence-corrected chi connectivity index (χ1v) is 8.21. The van der Waals surface area contributed by atoms with E-state index in [0.29, 0.717) is 0 Å². The van der Waals surface area contributed by atoms with E-state index in [2.05, 4.69) is 56.1 Å². The molecule has 1 aliphatic rings. The molecule has 0 spiro atoms. The Balaban J connectivity index is 2.69. The van der Waals surface area contributed by atoms with Crippen molar-refractivity contribution in [3.8, 4) is 0 Å². The van der Waals surface area contributed by atoms with E-state index in [-0.39, 0.29) is 12.0 Å². The van der Waals surface area contributed by atoms with Gasteiger partial charge in [0.05, 0.1) is 0 Å². The lowest BCUT2D eigenvalue weighted by Crippen LogP contribution is -2.19. The lowest BCUT2D eigenvalue weighted by molar-refractivity contribution is 0.169. The summed E-state index contributed by atoms with van der Waals surface area (Å²) >= 11 is 0. The summed E-state index contributed by atoms with van der Waals surface area (Å²) in [6, 6.07) is 0. The molecule has 0 heterocycles. The molecule has 0 N–H and O–H groups in total. The van der Waals surface area contributed by atoms with Gasteiger partial charge in [0.25, 0.3) is 0 Å². The fourth-order valence-electron chi connectivity index (χ4n) is 2.90. The minimum Gasteiger partial charge on any atom is -0.360 e. The molecule has 0 aliphatic heterocycles. The molecule has 3 heteroatoms. The third-order valence-corrected chi connectivity index (χ3v) is 4.31. The summed E-state index contributed by atoms with van der Waals surface area (Å²) in [5, 5.41) is 2.36. The van der Waals surface area contributed by atoms with E-state index >= 15 is 0 Å². The number of hydrogen-bond acceptors (Lipinski definition) is 3. The summed E-state index contributed by atoms with van der Waals surface area (Å²) in [6.07, 6.45) is 16.1. The Morgan fingerprint density at radius 1 is 1.26 bits per heavy atom. The Hall–Kier alpha value is -1.90. The van der Waals surface area contributed by atoms with Crippen molar-refractivity contribution >= 4 is 0 Å². The average molecular weight is 315 g/mol. The molecule has 0 amide bonds. The van der Waals surface area contributed by atoms with Crippen LogP contribution in [-0.2, 0) is 4.84 Å². The minimum atomic E-state index is 0.213. The van der Waals surface area contributed by atoms with Crippen LogP contribution in [0.5, 0.6) is 0 Å². The van der Waals surface area contributed by atoms with Crippen molar-refractivity contribution in [2.45, 2.75) is 53.9 Å². The van der Waals surface area contributed by atoms with Crippen molar-refractivity contribution in [3.05, 3.63) is 63.7 Å². The molecule has 0 atom stereocenters. The Bertz CT molecular complexity index is 560. The van der Waals surface area contributed by atoms with Crippen LogP contribution in [0.4, 0.5) is 0 Å². The monoisotopic (exact) mass is 315 g/mol. The molecule has 0 aromatic carbocycles. The highest BCUT2D eigenvalue weighted by Crippen LogP contribution is 2.40. The first-order chi connectivity index (χ1) is 10.9. The highest BCUT2D eigenvalue weighted by Gasteiger charge is 2.26. The average Bonchev–Trinajstić information content (AvgIpc) is 2.46. The van der Waals surface area contributed by atoms with Crippen LogP contribution in [0.3, 0.4) is 0 Å². The zero-order valence-corrected chi connectivity index (χ0v) is 15.1. The maximum atomic E-state index is 9.82. The molecule has 0 bridgehead atoms. The maximum Gasteiger partial charge on any atom is 0.155 e. The molecule has 0 radical (unpaired) electrons. The van der Waals surface area contributed by atoms with Gasteiger partial charge in [0.15, 0.2) is 5.34 Å². The van der Waals surface area contributed by atoms with Gasteiger partial charge in [-0.2, -0.15) is 0 Å². The van der Waals surface area contributed by atoms with Gasteiger partial charge < -0.3 is 4.84 Å². The summed E-state index contributed by atoms with van der Waals surface area (Å²) in [5.74, 6) is 0. The molecule has 3 nitrogen and oxygen atoms in total. The van der Waals surface area contributed by atoms with Gasteiger partial charge in [0, 0.05) is 0 Å². The second kappa shape index (κ2) is 9.29. The van der Waals surface area contributed by atoms with Gasteiger partial charge in [-0.15, -0.1) is 4.91 Å². The van der Waals surface area contributed by atoms with E-state index in [1.54, 1.807) is 0 Å². The molecule has 0 fully saturated rings. The predicted molar refractivity (Wildman–Crippen MR) is 97.9 cm³/mol. The standard InChI is InChI=1S/C20H29NO2/c1-16(8-6-9-17(2)13-15-23-21-22)11-12-19-18(3)10-7-14-20(19,4)5/h6,8-9,11-13H,7,10,14-15H2,1-5H3. The normalized spacial score (nSPS) is 19.7. The quantitative estimate of drug-likeness (QED) is 0.242. The van der Waals surface area contributed by atoms with E-state index in [0.717, 1.165) is 5.57 Å².